The van der Waals surface area contributed by atoms with Crippen LogP contribution in [0.5, 0.6) is 11.5 Å². The van der Waals surface area contributed by atoms with E-state index in [9.17, 15) is 4.79 Å². The average Bonchev–Trinajstić information content (AvgIpc) is 3.37. The van der Waals surface area contributed by atoms with Crippen LogP contribution in [0.3, 0.4) is 0 Å². The standard InChI is InChI=1S/C21H19N3O3/c1-3-13-6-4-5-7-15(13)24-20-18(12(2)23-24)19(22-21(20)25)14-8-9-16-17(10-14)27-11-26-16/h4-10,19H,3,11H2,1-2H3,(H,22,25). The van der Waals surface area contributed by atoms with Crippen LogP contribution in [0.2, 0.25) is 0 Å². The van der Waals surface area contributed by atoms with Crippen molar-refractivity contribution in [3.63, 3.8) is 0 Å². The highest BCUT2D eigenvalue weighted by atomic mass is 16.7. The number of rotatable bonds is 3. The van der Waals surface area contributed by atoms with Gasteiger partial charge in [0, 0.05) is 5.56 Å². The largest absolute Gasteiger partial charge is 0.454 e. The zero-order valence-corrected chi connectivity index (χ0v) is 15.2. The van der Waals surface area contributed by atoms with Gasteiger partial charge in [0.05, 0.1) is 17.4 Å². The number of benzene rings is 2. The van der Waals surface area contributed by atoms with Crippen LogP contribution in [0.15, 0.2) is 42.5 Å². The second-order valence-electron chi connectivity index (χ2n) is 6.76. The molecule has 0 bridgehead atoms. The van der Waals surface area contributed by atoms with Crippen molar-refractivity contribution in [1.29, 1.82) is 0 Å². The molecule has 0 saturated carbocycles. The maximum absolute atomic E-state index is 12.9. The first-order valence-electron chi connectivity index (χ1n) is 9.05. The Balaban J connectivity index is 1.65. The first-order valence-corrected chi connectivity index (χ1v) is 9.05. The molecule has 6 nitrogen and oxygen atoms in total. The Morgan fingerprint density at radius 3 is 2.85 bits per heavy atom. The second kappa shape index (κ2) is 5.87. The van der Waals surface area contributed by atoms with Crippen LogP contribution >= 0.6 is 0 Å². The van der Waals surface area contributed by atoms with Crippen LogP contribution in [0, 0.1) is 6.92 Å². The molecular formula is C21H19N3O3. The number of aromatic nitrogens is 2. The molecule has 1 amide bonds. The Kier molecular flexibility index (Phi) is 3.47. The predicted octanol–water partition coefficient (Wildman–Crippen LogP) is 3.30. The molecule has 2 aromatic carbocycles. The van der Waals surface area contributed by atoms with Gasteiger partial charge in [-0.15, -0.1) is 0 Å². The van der Waals surface area contributed by atoms with E-state index in [-0.39, 0.29) is 18.7 Å². The minimum atomic E-state index is -0.246. The number of hydrogen-bond acceptors (Lipinski definition) is 4. The fourth-order valence-electron chi connectivity index (χ4n) is 3.91. The molecule has 1 aromatic heterocycles. The van der Waals surface area contributed by atoms with Gasteiger partial charge in [0.15, 0.2) is 11.5 Å². The summed E-state index contributed by atoms with van der Waals surface area (Å²) in [5.74, 6) is 1.32. The van der Waals surface area contributed by atoms with Gasteiger partial charge < -0.3 is 14.8 Å². The van der Waals surface area contributed by atoms with Crippen LogP contribution in [0.25, 0.3) is 5.69 Å². The van der Waals surface area contributed by atoms with Crippen LogP contribution in [-0.4, -0.2) is 22.5 Å². The van der Waals surface area contributed by atoms with Crippen molar-refractivity contribution in [2.45, 2.75) is 26.3 Å². The number of carbonyl (C=O) groups is 1. The number of nitrogens with zero attached hydrogens (tertiary/aromatic N) is 2. The van der Waals surface area contributed by atoms with E-state index in [1.54, 1.807) is 4.68 Å². The van der Waals surface area contributed by atoms with E-state index in [0.29, 0.717) is 11.4 Å². The lowest BCUT2D eigenvalue weighted by molar-refractivity contribution is 0.0953. The van der Waals surface area contributed by atoms with Gasteiger partial charge in [0.1, 0.15) is 5.69 Å². The molecule has 27 heavy (non-hydrogen) atoms. The summed E-state index contributed by atoms with van der Waals surface area (Å²) in [6.07, 6.45) is 0.872. The number of fused-ring (bicyclic) bond motifs is 2. The van der Waals surface area contributed by atoms with E-state index >= 15 is 0 Å². The lowest BCUT2D eigenvalue weighted by Crippen LogP contribution is -2.22. The van der Waals surface area contributed by atoms with Crippen molar-refractivity contribution in [1.82, 2.24) is 15.1 Å². The van der Waals surface area contributed by atoms with Gasteiger partial charge in [-0.05, 0) is 42.7 Å². The summed E-state index contributed by atoms with van der Waals surface area (Å²) in [6, 6.07) is 13.6. The maximum Gasteiger partial charge on any atom is 0.271 e. The summed E-state index contributed by atoms with van der Waals surface area (Å²) in [5.41, 5.74) is 5.43. The Labute approximate surface area is 156 Å². The highest BCUT2D eigenvalue weighted by Gasteiger charge is 2.37. The number of amides is 1. The van der Waals surface area contributed by atoms with Crippen LogP contribution in [0.1, 0.15) is 45.8 Å². The summed E-state index contributed by atoms with van der Waals surface area (Å²) >= 11 is 0. The molecule has 0 fully saturated rings. The fraction of sp³-hybridized carbons (Fsp3) is 0.238. The molecule has 2 aliphatic rings. The molecular weight excluding hydrogens is 342 g/mol. The molecule has 0 radical (unpaired) electrons. The predicted molar refractivity (Wildman–Crippen MR) is 99.6 cm³/mol. The average molecular weight is 361 g/mol. The summed E-state index contributed by atoms with van der Waals surface area (Å²) in [5, 5.41) is 7.81. The minimum absolute atomic E-state index is 0.112. The van der Waals surface area contributed by atoms with Crippen molar-refractivity contribution in [3.05, 3.63) is 70.5 Å². The highest BCUT2D eigenvalue weighted by molar-refractivity contribution is 5.99. The molecule has 136 valence electrons. The van der Waals surface area contributed by atoms with Gasteiger partial charge >= 0.3 is 0 Å². The van der Waals surface area contributed by atoms with E-state index in [2.05, 4.69) is 18.3 Å². The van der Waals surface area contributed by atoms with Crippen molar-refractivity contribution in [2.24, 2.45) is 0 Å². The molecule has 0 spiro atoms. The first kappa shape index (κ1) is 15.9. The topological polar surface area (TPSA) is 65.4 Å². The van der Waals surface area contributed by atoms with Crippen molar-refractivity contribution < 1.29 is 14.3 Å². The van der Waals surface area contributed by atoms with Crippen LogP contribution in [0.4, 0.5) is 0 Å². The quantitative estimate of drug-likeness (QED) is 0.777. The molecule has 5 rings (SSSR count). The van der Waals surface area contributed by atoms with Gasteiger partial charge in [-0.25, -0.2) is 4.68 Å². The number of para-hydroxylation sites is 1. The monoisotopic (exact) mass is 361 g/mol. The van der Waals surface area contributed by atoms with Crippen LogP contribution < -0.4 is 14.8 Å². The van der Waals surface area contributed by atoms with Crippen LogP contribution in [-0.2, 0) is 6.42 Å². The third-order valence-corrected chi connectivity index (χ3v) is 5.22. The number of carbonyl (C=O) groups excluding carboxylic acids is 1. The molecule has 2 aliphatic heterocycles. The van der Waals surface area contributed by atoms with Gasteiger partial charge in [0.25, 0.3) is 5.91 Å². The van der Waals surface area contributed by atoms with Crippen molar-refractivity contribution in [2.75, 3.05) is 6.79 Å². The Bertz CT molecular complexity index is 1070. The maximum atomic E-state index is 12.9. The van der Waals surface area contributed by atoms with Gasteiger partial charge in [-0.2, -0.15) is 5.10 Å². The van der Waals surface area contributed by atoms with Gasteiger partial charge in [-0.1, -0.05) is 31.2 Å². The summed E-state index contributed by atoms with van der Waals surface area (Å²) in [4.78, 5) is 12.9. The Morgan fingerprint density at radius 1 is 1.19 bits per heavy atom. The Morgan fingerprint density at radius 2 is 2.00 bits per heavy atom. The molecule has 6 heteroatoms. The fourth-order valence-corrected chi connectivity index (χ4v) is 3.91. The van der Waals surface area contributed by atoms with Crippen molar-refractivity contribution >= 4 is 5.91 Å². The molecule has 3 heterocycles. The van der Waals surface area contributed by atoms with Gasteiger partial charge in [-0.3, -0.25) is 4.79 Å². The van der Waals surface area contributed by atoms with Gasteiger partial charge in [0.2, 0.25) is 6.79 Å². The molecule has 0 aliphatic carbocycles. The summed E-state index contributed by atoms with van der Waals surface area (Å²) in [7, 11) is 0. The first-order chi connectivity index (χ1) is 13.2. The zero-order chi connectivity index (χ0) is 18.5. The second-order valence-corrected chi connectivity index (χ2v) is 6.76. The molecule has 0 saturated heterocycles. The molecule has 3 aromatic rings. The number of ether oxygens (including phenoxy) is 2. The SMILES string of the molecule is CCc1ccccc1-n1nc(C)c2c1C(=O)NC2c1ccc2c(c1)OCO2. The molecule has 1 unspecified atom stereocenters. The third-order valence-electron chi connectivity index (χ3n) is 5.22. The number of hydrogen-bond donors (Lipinski definition) is 1. The molecule has 1 atom stereocenters. The summed E-state index contributed by atoms with van der Waals surface area (Å²) in [6.45, 7) is 4.28. The van der Waals surface area contributed by atoms with Crippen molar-refractivity contribution in [3.8, 4) is 17.2 Å². The number of aryl methyl sites for hydroxylation is 2. The van der Waals surface area contributed by atoms with E-state index in [4.69, 9.17) is 14.6 Å². The summed E-state index contributed by atoms with van der Waals surface area (Å²) < 4.78 is 12.7. The normalized spacial score (nSPS) is 17.1. The van der Waals surface area contributed by atoms with E-state index in [1.807, 2.05) is 43.3 Å². The van der Waals surface area contributed by atoms with E-state index in [1.165, 1.54) is 0 Å². The number of nitrogens with one attached hydrogen (secondary N) is 1. The minimum Gasteiger partial charge on any atom is -0.454 e. The zero-order valence-electron chi connectivity index (χ0n) is 15.2. The highest BCUT2D eigenvalue weighted by Crippen LogP contribution is 2.39. The third kappa shape index (κ3) is 2.33. The Hall–Kier alpha value is -3.28. The lowest BCUT2D eigenvalue weighted by Gasteiger charge is -2.13. The molecule has 1 N–H and O–H groups in total. The lowest BCUT2D eigenvalue weighted by atomic mass is 9.99. The van der Waals surface area contributed by atoms with E-state index < -0.39 is 0 Å². The smallest absolute Gasteiger partial charge is 0.271 e. The van der Waals surface area contributed by atoms with E-state index in [0.717, 1.165) is 40.2 Å².